The first-order chi connectivity index (χ1) is 6.84. The third-order valence-electron chi connectivity index (χ3n) is 2.59. The Morgan fingerprint density at radius 2 is 2.07 bits per heavy atom. The Morgan fingerprint density at radius 3 is 2.73 bits per heavy atom. The largest absolute Gasteiger partial charge is 0.341 e. The second-order valence-electron chi connectivity index (χ2n) is 3.87. The number of benzene rings is 1. The van der Waals surface area contributed by atoms with Crippen LogP contribution in [0.15, 0.2) is 30.3 Å². The SMILES string of the molecule is [CH2-]C1CN(Cc2ccccc2)CCN1.[Y]. The summed E-state index contributed by atoms with van der Waals surface area (Å²) < 4.78 is 0. The Hall–Kier alpha value is 0.244. The van der Waals surface area contributed by atoms with Crippen LogP contribution in [0.25, 0.3) is 0 Å². The number of hydrogen-bond acceptors (Lipinski definition) is 2. The minimum absolute atomic E-state index is 0. The molecule has 0 spiro atoms. The molecule has 1 saturated heterocycles. The van der Waals surface area contributed by atoms with Gasteiger partial charge in [-0.05, 0) is 12.1 Å². The Balaban J connectivity index is 0.00000112. The van der Waals surface area contributed by atoms with E-state index in [1.54, 1.807) is 0 Å². The topological polar surface area (TPSA) is 15.3 Å². The van der Waals surface area contributed by atoms with Crippen molar-refractivity contribution in [3.8, 4) is 0 Å². The van der Waals surface area contributed by atoms with Crippen molar-refractivity contribution in [2.24, 2.45) is 0 Å². The van der Waals surface area contributed by atoms with Gasteiger partial charge >= 0.3 is 0 Å². The van der Waals surface area contributed by atoms with E-state index in [4.69, 9.17) is 0 Å². The van der Waals surface area contributed by atoms with Crippen LogP contribution in [-0.2, 0) is 39.3 Å². The third-order valence-corrected chi connectivity index (χ3v) is 2.59. The molecule has 0 aliphatic carbocycles. The van der Waals surface area contributed by atoms with Crippen molar-refractivity contribution in [3.63, 3.8) is 0 Å². The molecule has 0 amide bonds. The molecule has 1 radical (unpaired) electrons. The van der Waals surface area contributed by atoms with Gasteiger partial charge in [0.2, 0.25) is 0 Å². The number of piperazine rings is 1. The van der Waals surface area contributed by atoms with Gasteiger partial charge in [0.1, 0.15) is 0 Å². The van der Waals surface area contributed by atoms with Crippen LogP contribution < -0.4 is 5.32 Å². The van der Waals surface area contributed by atoms with E-state index in [1.807, 2.05) is 0 Å². The van der Waals surface area contributed by atoms with Gasteiger partial charge in [0.15, 0.2) is 0 Å². The van der Waals surface area contributed by atoms with Gasteiger partial charge in [-0.2, -0.15) is 0 Å². The molecule has 1 atom stereocenters. The quantitative estimate of drug-likeness (QED) is 0.820. The van der Waals surface area contributed by atoms with E-state index in [-0.39, 0.29) is 32.7 Å². The number of rotatable bonds is 2. The minimum atomic E-state index is 0. The summed E-state index contributed by atoms with van der Waals surface area (Å²) >= 11 is 0. The molecular formula is C12H17N2Y-. The molecule has 0 bridgehead atoms. The molecule has 1 aliphatic rings. The van der Waals surface area contributed by atoms with Crippen LogP contribution in [0, 0.1) is 6.92 Å². The Kier molecular flexibility index (Phi) is 5.99. The van der Waals surface area contributed by atoms with Crippen LogP contribution in [0.1, 0.15) is 5.56 Å². The molecule has 1 fully saturated rings. The van der Waals surface area contributed by atoms with Crippen LogP contribution in [0.4, 0.5) is 0 Å². The predicted molar refractivity (Wildman–Crippen MR) is 58.9 cm³/mol. The zero-order valence-electron chi connectivity index (χ0n) is 9.02. The molecule has 1 aliphatic heterocycles. The summed E-state index contributed by atoms with van der Waals surface area (Å²) in [6.07, 6.45) is 0. The molecule has 0 saturated carbocycles. The van der Waals surface area contributed by atoms with E-state index in [9.17, 15) is 0 Å². The molecule has 1 heterocycles. The van der Waals surface area contributed by atoms with Crippen molar-refractivity contribution in [1.82, 2.24) is 10.2 Å². The van der Waals surface area contributed by atoms with E-state index in [1.165, 1.54) is 5.56 Å². The first kappa shape index (κ1) is 13.3. The molecule has 2 nitrogen and oxygen atoms in total. The van der Waals surface area contributed by atoms with E-state index >= 15 is 0 Å². The van der Waals surface area contributed by atoms with Gasteiger partial charge in [0.25, 0.3) is 0 Å². The summed E-state index contributed by atoms with van der Waals surface area (Å²) in [5.41, 5.74) is 1.39. The summed E-state index contributed by atoms with van der Waals surface area (Å²) in [5.74, 6) is 0. The first-order valence-electron chi connectivity index (χ1n) is 5.17. The van der Waals surface area contributed by atoms with Crippen molar-refractivity contribution < 1.29 is 32.7 Å². The molecule has 1 unspecified atom stereocenters. The fourth-order valence-electron chi connectivity index (χ4n) is 1.88. The molecule has 1 aromatic carbocycles. The minimum Gasteiger partial charge on any atom is -0.341 e. The van der Waals surface area contributed by atoms with E-state index in [0.29, 0.717) is 6.04 Å². The van der Waals surface area contributed by atoms with Crippen LogP contribution in [0.2, 0.25) is 0 Å². The first-order valence-corrected chi connectivity index (χ1v) is 5.17. The standard InChI is InChI=1S/C12H17N2.Y/c1-11-9-14(8-7-13-11)10-12-5-3-2-4-6-12;/h2-6,11,13H,1,7-10H2;/q-1;. The second kappa shape index (κ2) is 6.75. The predicted octanol–water partition coefficient (Wildman–Crippen LogP) is 1.29. The number of nitrogens with one attached hydrogen (secondary N) is 1. The molecule has 2 rings (SSSR count). The normalized spacial score (nSPS) is 22.1. The van der Waals surface area contributed by atoms with Crippen LogP contribution in [0.3, 0.4) is 0 Å². The second-order valence-corrected chi connectivity index (χ2v) is 3.87. The van der Waals surface area contributed by atoms with Crippen molar-refractivity contribution >= 4 is 0 Å². The number of nitrogens with zero attached hydrogens (tertiary/aromatic N) is 1. The van der Waals surface area contributed by atoms with Gasteiger partial charge in [-0.25, -0.2) is 0 Å². The van der Waals surface area contributed by atoms with Gasteiger partial charge in [-0.3, -0.25) is 4.90 Å². The molecule has 0 aromatic heterocycles. The average Bonchev–Trinajstić information content (AvgIpc) is 2.19. The van der Waals surface area contributed by atoms with Gasteiger partial charge in [-0.15, -0.1) is 6.04 Å². The van der Waals surface area contributed by atoms with E-state index in [2.05, 4.69) is 47.5 Å². The van der Waals surface area contributed by atoms with Gasteiger partial charge in [0, 0.05) is 52.3 Å². The molecule has 15 heavy (non-hydrogen) atoms. The van der Waals surface area contributed by atoms with Crippen LogP contribution in [-0.4, -0.2) is 30.6 Å². The maximum absolute atomic E-state index is 4.04. The van der Waals surface area contributed by atoms with E-state index in [0.717, 1.165) is 26.2 Å². The van der Waals surface area contributed by atoms with Gasteiger partial charge in [0.05, 0.1) is 0 Å². The molecule has 1 N–H and O–H groups in total. The Bertz CT molecular complexity index is 276. The molecule has 79 valence electrons. The van der Waals surface area contributed by atoms with Gasteiger partial charge in [-0.1, -0.05) is 30.3 Å². The summed E-state index contributed by atoms with van der Waals surface area (Å²) in [6.45, 7) is 8.32. The fraction of sp³-hybridized carbons (Fsp3) is 0.417. The van der Waals surface area contributed by atoms with Crippen molar-refractivity contribution in [2.75, 3.05) is 19.6 Å². The Labute approximate surface area is 117 Å². The van der Waals surface area contributed by atoms with Crippen molar-refractivity contribution in [2.45, 2.75) is 12.6 Å². The zero-order valence-corrected chi connectivity index (χ0v) is 11.9. The summed E-state index contributed by atoms with van der Waals surface area (Å²) in [5, 5.41) is 3.34. The molecule has 1 aromatic rings. The maximum atomic E-state index is 4.04. The van der Waals surface area contributed by atoms with Gasteiger partial charge < -0.3 is 12.2 Å². The monoisotopic (exact) mass is 278 g/mol. The van der Waals surface area contributed by atoms with E-state index < -0.39 is 0 Å². The summed E-state index contributed by atoms with van der Waals surface area (Å²) in [7, 11) is 0. The maximum Gasteiger partial charge on any atom is 0.0233 e. The molecular weight excluding hydrogens is 261 g/mol. The van der Waals surface area contributed by atoms with Crippen LogP contribution >= 0.6 is 0 Å². The fourth-order valence-corrected chi connectivity index (χ4v) is 1.88. The average molecular weight is 278 g/mol. The van der Waals surface area contributed by atoms with Crippen molar-refractivity contribution in [3.05, 3.63) is 42.8 Å². The Morgan fingerprint density at radius 1 is 1.33 bits per heavy atom. The molecule has 3 heteroatoms. The summed E-state index contributed by atoms with van der Waals surface area (Å²) in [6, 6.07) is 11.0. The third kappa shape index (κ3) is 4.32. The number of hydrogen-bond donors (Lipinski definition) is 1. The smallest absolute Gasteiger partial charge is 0.0233 e. The van der Waals surface area contributed by atoms with Crippen LogP contribution in [0.5, 0.6) is 0 Å². The zero-order chi connectivity index (χ0) is 9.80. The summed E-state index contributed by atoms with van der Waals surface area (Å²) in [4.78, 5) is 2.45. The van der Waals surface area contributed by atoms with Crippen molar-refractivity contribution in [1.29, 1.82) is 0 Å².